The highest BCUT2D eigenvalue weighted by Crippen LogP contribution is 2.31. The topological polar surface area (TPSA) is 98.1 Å². The molecule has 2 N–H and O–H groups in total. The second kappa shape index (κ2) is 10.1. The van der Waals surface area contributed by atoms with Gasteiger partial charge in [-0.2, -0.15) is 5.10 Å². The number of carbonyl (C=O) groups excluding carboxylic acids is 2. The number of nitrogens with zero attached hydrogens (tertiary/aromatic N) is 3. The molecule has 2 heterocycles. The van der Waals surface area contributed by atoms with Gasteiger partial charge < -0.3 is 10.1 Å². The summed E-state index contributed by atoms with van der Waals surface area (Å²) in [5.74, 6) is -0.190. The second-order valence-electron chi connectivity index (χ2n) is 6.43. The number of rotatable bonds is 6. The lowest BCUT2D eigenvalue weighted by Gasteiger charge is -2.16. The minimum Gasteiger partial charge on any atom is -0.449 e. The van der Waals surface area contributed by atoms with Crippen LogP contribution in [0.3, 0.4) is 0 Å². The van der Waals surface area contributed by atoms with E-state index in [-0.39, 0.29) is 12.3 Å². The molecule has 1 aromatic carbocycles. The summed E-state index contributed by atoms with van der Waals surface area (Å²) in [6.45, 7) is 3.91. The molecule has 3 aromatic rings. The van der Waals surface area contributed by atoms with Crippen molar-refractivity contribution in [2.75, 3.05) is 17.2 Å². The van der Waals surface area contributed by atoms with Gasteiger partial charge in [0.2, 0.25) is 0 Å². The molecule has 0 spiro atoms. The number of pyridine rings is 1. The lowest BCUT2D eigenvalue weighted by molar-refractivity contribution is 0.101. The van der Waals surface area contributed by atoms with Gasteiger partial charge in [-0.05, 0) is 59.1 Å². The summed E-state index contributed by atoms with van der Waals surface area (Å²) in [5.41, 5.74) is 1.51. The zero-order valence-electron chi connectivity index (χ0n) is 16.6. The highest BCUT2D eigenvalue weighted by Gasteiger charge is 2.21. The van der Waals surface area contributed by atoms with Crippen LogP contribution in [0.5, 0.6) is 0 Å². The Hall–Kier alpha value is -2.62. The number of hydrogen-bond acceptors (Lipinski definition) is 5. The van der Waals surface area contributed by atoms with Gasteiger partial charge in [-0.25, -0.2) is 14.5 Å². The lowest BCUT2D eigenvalue weighted by Crippen LogP contribution is -2.21. The fourth-order valence-corrected chi connectivity index (χ4v) is 3.58. The minimum atomic E-state index is -0.646. The Bertz CT molecular complexity index is 1140. The number of nitrogens with one attached hydrogen (secondary N) is 2. The van der Waals surface area contributed by atoms with Crippen LogP contribution in [0.15, 0.2) is 41.1 Å². The maximum absolute atomic E-state index is 13.1. The van der Waals surface area contributed by atoms with E-state index < -0.39 is 12.0 Å². The third-order valence-corrected chi connectivity index (χ3v) is 4.97. The summed E-state index contributed by atoms with van der Waals surface area (Å²) in [5, 5.41) is 10.4. The van der Waals surface area contributed by atoms with E-state index in [1.54, 1.807) is 31.3 Å². The Kier molecular flexibility index (Phi) is 7.53. The highest BCUT2D eigenvalue weighted by atomic mass is 79.9. The zero-order chi connectivity index (χ0) is 22.5. The Labute approximate surface area is 197 Å². The van der Waals surface area contributed by atoms with E-state index in [4.69, 9.17) is 27.9 Å². The number of aryl methyl sites for hydroxylation is 1. The summed E-state index contributed by atoms with van der Waals surface area (Å²) in [4.78, 5) is 29.4. The number of anilines is 2. The van der Waals surface area contributed by atoms with Crippen LogP contribution in [-0.2, 0) is 4.74 Å². The van der Waals surface area contributed by atoms with Crippen LogP contribution in [0.25, 0.3) is 5.82 Å². The average Bonchev–Trinajstić information content (AvgIpc) is 3.10. The van der Waals surface area contributed by atoms with Gasteiger partial charge in [-0.3, -0.25) is 10.1 Å². The summed E-state index contributed by atoms with van der Waals surface area (Å²) >= 11 is 15.6. The Morgan fingerprint density at radius 1 is 1.23 bits per heavy atom. The van der Waals surface area contributed by atoms with Gasteiger partial charge in [0.05, 0.1) is 23.0 Å². The number of hydrogen-bond donors (Lipinski definition) is 2. The van der Waals surface area contributed by atoms with Gasteiger partial charge >= 0.3 is 6.09 Å². The summed E-state index contributed by atoms with van der Waals surface area (Å²) in [7, 11) is 0. The van der Waals surface area contributed by atoms with Crippen molar-refractivity contribution in [1.29, 1.82) is 0 Å². The van der Waals surface area contributed by atoms with Crippen molar-refractivity contribution in [3.63, 3.8) is 0 Å². The molecule has 2 amide bonds. The molecule has 3 rings (SSSR count). The number of aromatic nitrogens is 3. The SMILES string of the molecule is CCCOC(=O)Nc1cc(Cl)cc(C)c1NC(=O)c1cc(Br)nn1-c1ncccc1Cl. The van der Waals surface area contributed by atoms with E-state index >= 15 is 0 Å². The molecule has 0 aliphatic carbocycles. The molecular formula is C20H18BrCl2N5O3. The molecule has 0 radical (unpaired) electrons. The monoisotopic (exact) mass is 525 g/mol. The third kappa shape index (κ3) is 5.55. The largest absolute Gasteiger partial charge is 0.449 e. The van der Waals surface area contributed by atoms with E-state index in [0.717, 1.165) is 0 Å². The molecule has 0 saturated carbocycles. The average molecular weight is 527 g/mol. The van der Waals surface area contributed by atoms with Crippen molar-refractivity contribution < 1.29 is 14.3 Å². The predicted molar refractivity (Wildman–Crippen MR) is 123 cm³/mol. The molecule has 2 aromatic heterocycles. The van der Waals surface area contributed by atoms with Crippen LogP contribution in [0, 0.1) is 6.92 Å². The van der Waals surface area contributed by atoms with Crippen molar-refractivity contribution in [2.45, 2.75) is 20.3 Å². The first kappa shape index (κ1) is 23.1. The summed E-state index contributed by atoms with van der Waals surface area (Å²) < 4.78 is 6.82. The van der Waals surface area contributed by atoms with E-state index in [9.17, 15) is 9.59 Å². The quantitative estimate of drug-likeness (QED) is 0.419. The van der Waals surface area contributed by atoms with Crippen molar-refractivity contribution in [2.24, 2.45) is 0 Å². The Balaban J connectivity index is 1.94. The van der Waals surface area contributed by atoms with Crippen molar-refractivity contribution in [1.82, 2.24) is 14.8 Å². The molecule has 0 unspecified atom stereocenters. The number of benzene rings is 1. The Morgan fingerprint density at radius 2 is 2.00 bits per heavy atom. The minimum absolute atomic E-state index is 0.182. The Morgan fingerprint density at radius 3 is 2.71 bits per heavy atom. The number of halogens is 3. The van der Waals surface area contributed by atoms with Gasteiger partial charge in [0, 0.05) is 17.3 Å². The van der Waals surface area contributed by atoms with Crippen LogP contribution < -0.4 is 10.6 Å². The van der Waals surface area contributed by atoms with Gasteiger partial charge in [-0.1, -0.05) is 30.1 Å². The van der Waals surface area contributed by atoms with Crippen LogP contribution in [0.1, 0.15) is 29.4 Å². The van der Waals surface area contributed by atoms with E-state index in [1.165, 1.54) is 16.8 Å². The van der Waals surface area contributed by atoms with Crippen LogP contribution in [-0.4, -0.2) is 33.4 Å². The van der Waals surface area contributed by atoms with Crippen LogP contribution in [0.4, 0.5) is 16.2 Å². The molecule has 0 aliphatic rings. The number of ether oxygens (including phenoxy) is 1. The normalized spacial score (nSPS) is 10.6. The predicted octanol–water partition coefficient (Wildman–Crippen LogP) is 5.86. The second-order valence-corrected chi connectivity index (χ2v) is 8.09. The first-order valence-electron chi connectivity index (χ1n) is 9.22. The maximum atomic E-state index is 13.1. The fraction of sp³-hybridized carbons (Fsp3) is 0.200. The van der Waals surface area contributed by atoms with E-state index in [0.29, 0.717) is 43.8 Å². The molecule has 0 atom stereocenters. The first-order chi connectivity index (χ1) is 14.8. The molecule has 162 valence electrons. The summed E-state index contributed by atoms with van der Waals surface area (Å²) in [6.07, 6.45) is 1.58. The molecule has 8 nitrogen and oxygen atoms in total. The molecule has 0 aliphatic heterocycles. The standard InChI is InChI=1S/C20H18BrCl2N5O3/c1-3-7-31-20(30)25-14-9-12(22)8-11(2)17(14)26-19(29)15-10-16(21)27-28(15)18-13(23)5-4-6-24-18/h4-6,8-10H,3,7H2,1-2H3,(H,25,30)(H,26,29). The summed E-state index contributed by atoms with van der Waals surface area (Å²) in [6, 6.07) is 8.06. The van der Waals surface area contributed by atoms with Gasteiger partial charge in [0.25, 0.3) is 5.91 Å². The molecule has 11 heteroatoms. The van der Waals surface area contributed by atoms with Gasteiger partial charge in [0.1, 0.15) is 10.3 Å². The molecule has 0 fully saturated rings. The lowest BCUT2D eigenvalue weighted by atomic mass is 10.1. The first-order valence-corrected chi connectivity index (χ1v) is 10.8. The zero-order valence-corrected chi connectivity index (χ0v) is 19.7. The van der Waals surface area contributed by atoms with Crippen molar-refractivity contribution in [3.8, 4) is 5.82 Å². The molecular weight excluding hydrogens is 509 g/mol. The van der Waals surface area contributed by atoms with E-state index in [2.05, 4.69) is 36.6 Å². The van der Waals surface area contributed by atoms with E-state index in [1.807, 2.05) is 6.92 Å². The fourth-order valence-electron chi connectivity index (χ4n) is 2.73. The van der Waals surface area contributed by atoms with Crippen LogP contribution in [0.2, 0.25) is 10.0 Å². The number of carbonyl (C=O) groups is 2. The van der Waals surface area contributed by atoms with Crippen LogP contribution >= 0.6 is 39.1 Å². The van der Waals surface area contributed by atoms with Gasteiger partial charge in [-0.15, -0.1) is 0 Å². The third-order valence-electron chi connectivity index (χ3n) is 4.06. The molecule has 0 bridgehead atoms. The maximum Gasteiger partial charge on any atom is 0.411 e. The number of amides is 2. The van der Waals surface area contributed by atoms with Crippen molar-refractivity contribution in [3.05, 3.63) is 62.4 Å². The molecule has 31 heavy (non-hydrogen) atoms. The van der Waals surface area contributed by atoms with Gasteiger partial charge in [0.15, 0.2) is 5.82 Å². The highest BCUT2D eigenvalue weighted by molar-refractivity contribution is 9.10. The molecule has 0 saturated heterocycles. The smallest absolute Gasteiger partial charge is 0.411 e. The van der Waals surface area contributed by atoms with Crippen molar-refractivity contribution >= 4 is 62.5 Å².